The van der Waals surface area contributed by atoms with Gasteiger partial charge in [0.1, 0.15) is 8.24 Å². The maximum atomic E-state index is 5.16. The summed E-state index contributed by atoms with van der Waals surface area (Å²) in [6.45, 7) is 10.9. The quantitative estimate of drug-likeness (QED) is 0.798. The molecule has 4 heteroatoms. The molecule has 0 aliphatic heterocycles. The highest BCUT2D eigenvalue weighted by Crippen LogP contribution is 2.11. The van der Waals surface area contributed by atoms with Gasteiger partial charge in [0.15, 0.2) is 5.76 Å². The van der Waals surface area contributed by atoms with Gasteiger partial charge in [-0.1, -0.05) is 31.7 Å². The number of nitrogens with zero attached hydrogens (tertiary/aromatic N) is 1. The SMILES string of the molecule is CC/C(=C\c1cc(C)no1)N[Si](C)(C)C. The Kier molecular flexibility index (Phi) is 3.74. The third-order valence-corrected chi connectivity index (χ3v) is 2.95. The minimum absolute atomic E-state index is 0.829. The summed E-state index contributed by atoms with van der Waals surface area (Å²) < 4.78 is 5.16. The minimum atomic E-state index is -1.27. The largest absolute Gasteiger partial charge is 0.414 e. The predicted molar refractivity (Wildman–Crippen MR) is 66.0 cm³/mol. The van der Waals surface area contributed by atoms with Gasteiger partial charge in [0.05, 0.1) is 5.69 Å². The van der Waals surface area contributed by atoms with Gasteiger partial charge in [-0.25, -0.2) is 0 Å². The summed E-state index contributed by atoms with van der Waals surface area (Å²) in [4.78, 5) is 3.58. The van der Waals surface area contributed by atoms with Crippen molar-refractivity contribution in [2.24, 2.45) is 0 Å². The monoisotopic (exact) mass is 224 g/mol. The molecule has 84 valence electrons. The lowest BCUT2D eigenvalue weighted by Gasteiger charge is -2.21. The molecule has 15 heavy (non-hydrogen) atoms. The molecule has 0 saturated carbocycles. The van der Waals surface area contributed by atoms with Crippen LogP contribution in [0.4, 0.5) is 0 Å². The van der Waals surface area contributed by atoms with E-state index in [0.29, 0.717) is 0 Å². The first-order valence-corrected chi connectivity index (χ1v) is 8.83. The van der Waals surface area contributed by atoms with Crippen molar-refractivity contribution in [3.05, 3.63) is 23.2 Å². The van der Waals surface area contributed by atoms with Crippen LogP contribution in [0.1, 0.15) is 24.8 Å². The van der Waals surface area contributed by atoms with Crippen LogP contribution in [0.3, 0.4) is 0 Å². The Morgan fingerprint density at radius 3 is 2.60 bits per heavy atom. The normalized spacial score (nSPS) is 13.0. The summed E-state index contributed by atoms with van der Waals surface area (Å²) in [7, 11) is -1.27. The molecule has 0 spiro atoms. The van der Waals surface area contributed by atoms with Crippen LogP contribution in [0.15, 0.2) is 16.3 Å². The Balaban J connectivity index is 2.78. The predicted octanol–water partition coefficient (Wildman–Crippen LogP) is 3.16. The van der Waals surface area contributed by atoms with Gasteiger partial charge in [-0.05, 0) is 13.3 Å². The molecule has 0 bridgehead atoms. The molecule has 0 radical (unpaired) electrons. The van der Waals surface area contributed by atoms with E-state index in [2.05, 4.69) is 36.7 Å². The molecule has 1 rings (SSSR count). The van der Waals surface area contributed by atoms with E-state index in [-0.39, 0.29) is 0 Å². The highest BCUT2D eigenvalue weighted by molar-refractivity contribution is 6.74. The molecule has 1 aromatic heterocycles. The molecule has 1 aromatic rings. The van der Waals surface area contributed by atoms with E-state index in [9.17, 15) is 0 Å². The molecule has 0 saturated heterocycles. The molecule has 0 fully saturated rings. The second-order valence-electron chi connectivity index (χ2n) is 4.77. The fourth-order valence-electron chi connectivity index (χ4n) is 1.33. The lowest BCUT2D eigenvalue weighted by molar-refractivity contribution is 0.407. The summed E-state index contributed by atoms with van der Waals surface area (Å²) in [5, 5.41) is 3.86. The fraction of sp³-hybridized carbons (Fsp3) is 0.545. The van der Waals surface area contributed by atoms with Crippen molar-refractivity contribution in [1.29, 1.82) is 0 Å². The van der Waals surface area contributed by atoms with Gasteiger partial charge in [-0.3, -0.25) is 0 Å². The van der Waals surface area contributed by atoms with Crippen molar-refractivity contribution >= 4 is 14.3 Å². The molecule has 0 amide bonds. The second-order valence-corrected chi connectivity index (χ2v) is 9.52. The van der Waals surface area contributed by atoms with Crippen molar-refractivity contribution in [2.45, 2.75) is 39.9 Å². The number of hydrogen-bond donors (Lipinski definition) is 1. The minimum Gasteiger partial charge on any atom is -0.414 e. The Hall–Kier alpha value is -1.03. The number of allylic oxidation sites excluding steroid dienone is 1. The summed E-state index contributed by atoms with van der Waals surface area (Å²) in [6, 6.07) is 1.95. The first-order chi connectivity index (χ1) is 6.90. The van der Waals surface area contributed by atoms with Gasteiger partial charge in [0, 0.05) is 17.8 Å². The summed E-state index contributed by atoms with van der Waals surface area (Å²) in [5.41, 5.74) is 2.15. The molecule has 0 aliphatic rings. The lowest BCUT2D eigenvalue weighted by Crippen LogP contribution is -2.40. The zero-order valence-electron chi connectivity index (χ0n) is 10.2. The molecule has 0 atom stereocenters. The number of hydrogen-bond acceptors (Lipinski definition) is 3. The molecule has 0 aromatic carbocycles. The van der Waals surface area contributed by atoms with Crippen molar-refractivity contribution in [3.8, 4) is 0 Å². The first-order valence-electron chi connectivity index (χ1n) is 5.33. The molecule has 0 aliphatic carbocycles. The molecular formula is C11H20N2OSi. The number of aryl methyl sites for hydroxylation is 1. The maximum Gasteiger partial charge on any atom is 0.161 e. The second kappa shape index (κ2) is 4.66. The standard InChI is InChI=1S/C11H20N2OSi/c1-6-10(13-15(3,4)5)8-11-7-9(2)12-14-11/h7-8,13H,6H2,1-5H3/b10-8+. The van der Waals surface area contributed by atoms with Crippen LogP contribution in [0.2, 0.25) is 19.6 Å². The fourth-order valence-corrected chi connectivity index (χ4v) is 2.54. The highest BCUT2D eigenvalue weighted by atomic mass is 28.3. The average molecular weight is 224 g/mol. The highest BCUT2D eigenvalue weighted by Gasteiger charge is 2.13. The van der Waals surface area contributed by atoms with E-state index in [1.54, 1.807) is 0 Å². The Morgan fingerprint density at radius 1 is 1.53 bits per heavy atom. The van der Waals surface area contributed by atoms with Crippen molar-refractivity contribution in [1.82, 2.24) is 10.1 Å². The van der Waals surface area contributed by atoms with Crippen molar-refractivity contribution < 1.29 is 4.52 Å². The van der Waals surface area contributed by atoms with E-state index in [1.807, 2.05) is 19.1 Å². The van der Waals surface area contributed by atoms with E-state index < -0.39 is 8.24 Å². The van der Waals surface area contributed by atoms with Gasteiger partial charge in [-0.15, -0.1) is 0 Å². The van der Waals surface area contributed by atoms with Crippen molar-refractivity contribution in [2.75, 3.05) is 0 Å². The van der Waals surface area contributed by atoms with Crippen LogP contribution in [0.25, 0.3) is 6.08 Å². The number of aromatic nitrogens is 1. The summed E-state index contributed by atoms with van der Waals surface area (Å²) in [5.74, 6) is 0.829. The van der Waals surface area contributed by atoms with Crippen LogP contribution in [0.5, 0.6) is 0 Å². The summed E-state index contributed by atoms with van der Waals surface area (Å²) >= 11 is 0. The number of nitrogens with one attached hydrogen (secondary N) is 1. The van der Waals surface area contributed by atoms with E-state index in [4.69, 9.17) is 4.52 Å². The lowest BCUT2D eigenvalue weighted by atomic mass is 10.3. The van der Waals surface area contributed by atoms with Gasteiger partial charge >= 0.3 is 0 Å². The topological polar surface area (TPSA) is 38.1 Å². The van der Waals surface area contributed by atoms with E-state index in [0.717, 1.165) is 17.9 Å². The summed E-state index contributed by atoms with van der Waals surface area (Å²) in [6.07, 6.45) is 3.03. The molecule has 3 nitrogen and oxygen atoms in total. The van der Waals surface area contributed by atoms with Crippen LogP contribution < -0.4 is 4.98 Å². The molecule has 1 N–H and O–H groups in total. The van der Waals surface area contributed by atoms with Crippen LogP contribution in [0, 0.1) is 6.92 Å². The van der Waals surface area contributed by atoms with Crippen molar-refractivity contribution in [3.63, 3.8) is 0 Å². The third kappa shape index (κ3) is 4.34. The van der Waals surface area contributed by atoms with Gasteiger partial charge in [0.2, 0.25) is 0 Å². The maximum absolute atomic E-state index is 5.16. The van der Waals surface area contributed by atoms with Crippen LogP contribution in [-0.4, -0.2) is 13.4 Å². The average Bonchev–Trinajstić information content (AvgIpc) is 2.47. The first kappa shape index (κ1) is 12.0. The Labute approximate surface area is 92.6 Å². The molecule has 1 heterocycles. The third-order valence-electron chi connectivity index (χ3n) is 1.88. The van der Waals surface area contributed by atoms with Crippen LogP contribution >= 0.6 is 0 Å². The Bertz CT molecular complexity index is 350. The van der Waals surface area contributed by atoms with E-state index in [1.165, 1.54) is 5.70 Å². The van der Waals surface area contributed by atoms with Gasteiger partial charge in [0.25, 0.3) is 0 Å². The Morgan fingerprint density at radius 2 is 2.20 bits per heavy atom. The molecular weight excluding hydrogens is 204 g/mol. The molecule has 0 unspecified atom stereocenters. The number of rotatable bonds is 4. The zero-order chi connectivity index (χ0) is 11.5. The zero-order valence-corrected chi connectivity index (χ0v) is 11.2. The van der Waals surface area contributed by atoms with Crippen LogP contribution in [-0.2, 0) is 0 Å². The smallest absolute Gasteiger partial charge is 0.161 e. The van der Waals surface area contributed by atoms with E-state index >= 15 is 0 Å². The van der Waals surface area contributed by atoms with Gasteiger partial charge in [-0.2, -0.15) is 0 Å². The van der Waals surface area contributed by atoms with Gasteiger partial charge < -0.3 is 9.51 Å².